The zero-order valence-corrected chi connectivity index (χ0v) is 17.4. The molecule has 1 atom stereocenters. The maximum absolute atomic E-state index is 12.7. The van der Waals surface area contributed by atoms with E-state index in [0.29, 0.717) is 30.3 Å². The number of ether oxygens (including phenoxy) is 2. The molecule has 1 aliphatic heterocycles. The molecule has 1 fully saturated rings. The Kier molecular flexibility index (Phi) is 6.76. The topological polar surface area (TPSA) is 84.9 Å². The molecule has 1 N–H and O–H groups in total. The lowest BCUT2D eigenvalue weighted by atomic mass is 10.2. The second-order valence-corrected chi connectivity index (χ2v) is 8.83. The number of nitrogens with zero attached hydrogens (tertiary/aromatic N) is 1. The number of carbonyl (C=O) groups is 1. The fourth-order valence-corrected chi connectivity index (χ4v) is 4.69. The van der Waals surface area contributed by atoms with Crippen LogP contribution in [0.5, 0.6) is 11.5 Å². The number of methoxy groups -OCH3 is 1. The number of para-hydroxylation sites is 2. The number of hydrogen-bond acceptors (Lipinski definition) is 5. The molecule has 0 radical (unpaired) electrons. The molecule has 0 bridgehead atoms. The van der Waals surface area contributed by atoms with Gasteiger partial charge in [-0.3, -0.25) is 4.79 Å². The van der Waals surface area contributed by atoms with E-state index in [2.05, 4.69) is 5.32 Å². The predicted molar refractivity (Wildman–Crippen MR) is 111 cm³/mol. The van der Waals surface area contributed by atoms with Crippen LogP contribution >= 0.6 is 0 Å². The zero-order chi connectivity index (χ0) is 20.9. The Hall–Kier alpha value is -2.58. The van der Waals surface area contributed by atoms with Crippen LogP contribution in [0.1, 0.15) is 26.2 Å². The lowest BCUT2D eigenvalue weighted by molar-refractivity contribution is -0.122. The Bertz CT molecular complexity index is 938. The van der Waals surface area contributed by atoms with Crippen LogP contribution in [0.25, 0.3) is 0 Å². The summed E-state index contributed by atoms with van der Waals surface area (Å²) in [7, 11) is -1.96. The second-order valence-electron chi connectivity index (χ2n) is 6.89. The number of carbonyl (C=O) groups excluding carboxylic acids is 1. The van der Waals surface area contributed by atoms with Gasteiger partial charge < -0.3 is 14.8 Å². The van der Waals surface area contributed by atoms with Gasteiger partial charge in [-0.25, -0.2) is 8.42 Å². The highest BCUT2D eigenvalue weighted by Crippen LogP contribution is 2.27. The quantitative estimate of drug-likeness (QED) is 0.746. The smallest absolute Gasteiger partial charge is 0.265 e. The fourth-order valence-electron chi connectivity index (χ4n) is 3.17. The molecule has 156 valence electrons. The van der Waals surface area contributed by atoms with Crippen LogP contribution in [0, 0.1) is 0 Å². The summed E-state index contributed by atoms with van der Waals surface area (Å²) in [6.45, 7) is 2.74. The van der Waals surface area contributed by atoms with Crippen LogP contribution in [-0.4, -0.2) is 44.9 Å². The maximum atomic E-state index is 12.7. The lowest BCUT2D eigenvalue weighted by Gasteiger charge is -2.25. The van der Waals surface area contributed by atoms with Crippen molar-refractivity contribution in [2.45, 2.75) is 37.2 Å². The number of benzene rings is 2. The summed E-state index contributed by atoms with van der Waals surface area (Å²) >= 11 is 0. The molecule has 8 heteroatoms. The van der Waals surface area contributed by atoms with Gasteiger partial charge in [-0.05, 0) is 56.2 Å². The summed E-state index contributed by atoms with van der Waals surface area (Å²) in [6.07, 6.45) is 2.07. The third-order valence-corrected chi connectivity index (χ3v) is 6.73. The largest absolute Gasteiger partial charge is 0.493 e. The number of anilines is 1. The number of piperidine rings is 1. The van der Waals surface area contributed by atoms with Crippen LogP contribution in [0.2, 0.25) is 0 Å². The highest BCUT2D eigenvalue weighted by atomic mass is 32.2. The van der Waals surface area contributed by atoms with Crippen molar-refractivity contribution < 1.29 is 22.7 Å². The molecule has 1 amide bonds. The van der Waals surface area contributed by atoms with Crippen LogP contribution in [0.3, 0.4) is 0 Å². The van der Waals surface area contributed by atoms with Crippen molar-refractivity contribution in [1.29, 1.82) is 0 Å². The van der Waals surface area contributed by atoms with E-state index >= 15 is 0 Å². The van der Waals surface area contributed by atoms with Gasteiger partial charge in [0.2, 0.25) is 10.0 Å². The fraction of sp³-hybridized carbons (Fsp3) is 0.381. The van der Waals surface area contributed by atoms with Crippen LogP contribution in [0.15, 0.2) is 53.4 Å². The number of nitrogens with one attached hydrogen (secondary N) is 1. The van der Waals surface area contributed by atoms with Crippen LogP contribution in [-0.2, 0) is 14.8 Å². The molecule has 0 aliphatic carbocycles. The van der Waals surface area contributed by atoms with E-state index < -0.39 is 16.1 Å². The van der Waals surface area contributed by atoms with Gasteiger partial charge in [-0.2, -0.15) is 4.31 Å². The van der Waals surface area contributed by atoms with E-state index in [1.807, 2.05) is 6.07 Å². The minimum Gasteiger partial charge on any atom is -0.493 e. The summed E-state index contributed by atoms with van der Waals surface area (Å²) < 4.78 is 37.8. The SMILES string of the molecule is COc1ccccc1O[C@@H](C)C(=O)Nc1ccc(S(=O)(=O)N2CCCCC2)cc1. The van der Waals surface area contributed by atoms with Gasteiger partial charge in [0.15, 0.2) is 17.6 Å². The molecule has 1 saturated heterocycles. The minimum absolute atomic E-state index is 0.232. The van der Waals surface area contributed by atoms with Crippen molar-refractivity contribution in [2.75, 3.05) is 25.5 Å². The molecule has 0 spiro atoms. The summed E-state index contributed by atoms with van der Waals surface area (Å²) in [5.41, 5.74) is 0.503. The number of amides is 1. The monoisotopic (exact) mass is 418 g/mol. The number of hydrogen-bond donors (Lipinski definition) is 1. The Morgan fingerprint density at radius 3 is 2.24 bits per heavy atom. The number of rotatable bonds is 7. The molecule has 7 nitrogen and oxygen atoms in total. The minimum atomic E-state index is -3.49. The molecule has 3 rings (SSSR count). The summed E-state index contributed by atoms with van der Waals surface area (Å²) in [5.74, 6) is 0.669. The van der Waals surface area contributed by atoms with Crippen molar-refractivity contribution in [3.63, 3.8) is 0 Å². The predicted octanol–water partition coefficient (Wildman–Crippen LogP) is 3.28. The van der Waals surface area contributed by atoms with Crippen molar-refractivity contribution in [2.24, 2.45) is 0 Å². The second kappa shape index (κ2) is 9.28. The van der Waals surface area contributed by atoms with Crippen molar-refractivity contribution in [3.8, 4) is 11.5 Å². The van der Waals surface area contributed by atoms with Crippen molar-refractivity contribution in [3.05, 3.63) is 48.5 Å². The third kappa shape index (κ3) is 5.07. The van der Waals surface area contributed by atoms with E-state index in [1.165, 1.54) is 23.5 Å². The van der Waals surface area contributed by atoms with Gasteiger partial charge in [0.1, 0.15) is 0 Å². The van der Waals surface area contributed by atoms with Gasteiger partial charge in [0.25, 0.3) is 5.91 Å². The maximum Gasteiger partial charge on any atom is 0.265 e. The van der Waals surface area contributed by atoms with Crippen molar-refractivity contribution >= 4 is 21.6 Å². The Morgan fingerprint density at radius 2 is 1.62 bits per heavy atom. The standard InChI is InChI=1S/C21H26N2O5S/c1-16(28-20-9-5-4-8-19(20)27-2)21(24)22-17-10-12-18(13-11-17)29(25,26)23-14-6-3-7-15-23/h4-5,8-13,16H,3,6-7,14-15H2,1-2H3,(H,22,24)/t16-/m0/s1. The highest BCUT2D eigenvalue weighted by Gasteiger charge is 2.26. The summed E-state index contributed by atoms with van der Waals surface area (Å²) in [4.78, 5) is 12.7. The molecule has 2 aromatic carbocycles. The van der Waals surface area contributed by atoms with Gasteiger partial charge >= 0.3 is 0 Å². The lowest BCUT2D eigenvalue weighted by Crippen LogP contribution is -2.35. The van der Waals surface area contributed by atoms with E-state index in [-0.39, 0.29) is 10.8 Å². The molecule has 29 heavy (non-hydrogen) atoms. The first-order valence-corrected chi connectivity index (χ1v) is 11.1. The summed E-state index contributed by atoms with van der Waals surface area (Å²) in [5, 5.41) is 2.74. The third-order valence-electron chi connectivity index (χ3n) is 4.82. The first-order chi connectivity index (χ1) is 13.9. The molecule has 0 unspecified atom stereocenters. The van der Waals surface area contributed by atoms with Crippen molar-refractivity contribution in [1.82, 2.24) is 4.31 Å². The van der Waals surface area contributed by atoms with E-state index in [9.17, 15) is 13.2 Å². The Morgan fingerprint density at radius 1 is 1.00 bits per heavy atom. The Balaban J connectivity index is 1.63. The molecule has 0 saturated carbocycles. The van der Waals surface area contributed by atoms with E-state index in [1.54, 1.807) is 37.3 Å². The normalized spacial score (nSPS) is 16.1. The van der Waals surface area contributed by atoms with E-state index in [4.69, 9.17) is 9.47 Å². The first-order valence-electron chi connectivity index (χ1n) is 9.62. The highest BCUT2D eigenvalue weighted by molar-refractivity contribution is 7.89. The van der Waals surface area contributed by atoms with Gasteiger partial charge in [0, 0.05) is 18.8 Å². The average Bonchev–Trinajstić information content (AvgIpc) is 2.75. The number of sulfonamides is 1. The van der Waals surface area contributed by atoms with Gasteiger partial charge in [0.05, 0.1) is 12.0 Å². The summed E-state index contributed by atoms with van der Waals surface area (Å²) in [6, 6.07) is 13.3. The molecule has 0 aromatic heterocycles. The van der Waals surface area contributed by atoms with Gasteiger partial charge in [-0.1, -0.05) is 18.6 Å². The molecule has 1 heterocycles. The Labute approximate surface area is 171 Å². The molecule has 2 aromatic rings. The average molecular weight is 419 g/mol. The molecular formula is C21H26N2O5S. The van der Waals surface area contributed by atoms with Gasteiger partial charge in [-0.15, -0.1) is 0 Å². The van der Waals surface area contributed by atoms with Crippen LogP contribution in [0.4, 0.5) is 5.69 Å². The van der Waals surface area contributed by atoms with E-state index in [0.717, 1.165) is 19.3 Å². The molecule has 1 aliphatic rings. The van der Waals surface area contributed by atoms with Crippen LogP contribution < -0.4 is 14.8 Å². The first kappa shape index (κ1) is 21.1. The molecular weight excluding hydrogens is 392 g/mol. The zero-order valence-electron chi connectivity index (χ0n) is 16.6.